The van der Waals surface area contributed by atoms with Crippen molar-refractivity contribution >= 4 is 5.91 Å². The lowest BCUT2D eigenvalue weighted by Gasteiger charge is -2.48. The molecule has 3 heterocycles. The first-order valence-corrected chi connectivity index (χ1v) is 30.9. The van der Waals surface area contributed by atoms with Gasteiger partial charge in [0.1, 0.15) is 73.2 Å². The molecule has 0 bridgehead atoms. The average molecular weight is 1120 g/mol. The quantitative estimate of drug-likeness (QED) is 0.0254. The van der Waals surface area contributed by atoms with E-state index in [4.69, 9.17) is 28.4 Å². The van der Waals surface area contributed by atoms with Gasteiger partial charge < -0.3 is 89.9 Å². The Morgan fingerprint density at radius 2 is 0.795 bits per heavy atom. The summed E-state index contributed by atoms with van der Waals surface area (Å²) in [5, 5.41) is 120. The minimum Gasteiger partial charge on any atom is -0.394 e. The maximum absolute atomic E-state index is 13.3. The summed E-state index contributed by atoms with van der Waals surface area (Å²) in [4.78, 5) is 13.3. The monoisotopic (exact) mass is 1120 g/mol. The van der Waals surface area contributed by atoms with E-state index < -0.39 is 124 Å². The Hall–Kier alpha value is -1.47. The van der Waals surface area contributed by atoms with Gasteiger partial charge in [-0.3, -0.25) is 4.79 Å². The van der Waals surface area contributed by atoms with Crippen molar-refractivity contribution in [1.29, 1.82) is 0 Å². The van der Waals surface area contributed by atoms with E-state index in [1.807, 2.05) is 6.08 Å². The standard InChI is InChI=1S/C59H111NO18/c1-3-5-7-9-11-13-15-17-18-19-20-21-22-23-24-25-27-29-31-33-35-37-47(65)60-42(43(64)36-34-32-30-28-26-16-14-12-10-8-6-4-2)41-73-57-53(71)50(68)55(45(39-62)75-57)78-59-54(72)51(69)56(46(40-63)76-59)77-58-52(70)49(67)48(66)44(38-61)74-58/h34,36,42-46,48-59,61-64,66-72H,3-33,35,37-41H2,1-2H3,(H,60,65)/b36-34+. The van der Waals surface area contributed by atoms with Crippen molar-refractivity contribution < 1.29 is 89.4 Å². The molecule has 17 unspecified atom stereocenters. The molecule has 460 valence electrons. The van der Waals surface area contributed by atoms with E-state index in [1.165, 1.54) is 154 Å². The molecular weight excluding hydrogens is 1010 g/mol. The number of ether oxygens (including phenoxy) is 6. The van der Waals surface area contributed by atoms with E-state index in [0.717, 1.165) is 44.9 Å². The molecule has 0 saturated carbocycles. The maximum Gasteiger partial charge on any atom is 0.220 e. The summed E-state index contributed by atoms with van der Waals surface area (Å²) < 4.78 is 34.2. The van der Waals surface area contributed by atoms with Crippen molar-refractivity contribution in [1.82, 2.24) is 5.32 Å². The smallest absolute Gasteiger partial charge is 0.220 e. The molecule has 17 atom stereocenters. The highest BCUT2D eigenvalue weighted by molar-refractivity contribution is 5.76. The van der Waals surface area contributed by atoms with Crippen LogP contribution in [0.15, 0.2) is 12.2 Å². The topological polar surface area (TPSA) is 307 Å². The van der Waals surface area contributed by atoms with E-state index in [9.17, 15) is 61.0 Å². The number of aliphatic hydroxyl groups excluding tert-OH is 11. The number of hydrogen-bond acceptors (Lipinski definition) is 18. The van der Waals surface area contributed by atoms with Gasteiger partial charge in [-0.15, -0.1) is 0 Å². The SMILES string of the molecule is CCCCCCCCCCCC/C=C/C(O)C(COC1OC(CO)C(OC2OC(CO)C(OC3OC(CO)C(O)C(O)C3O)C(O)C2O)C(O)C1O)NC(=O)CCCCCCCCCCCCCCCCCCCCCCC. The largest absolute Gasteiger partial charge is 0.394 e. The van der Waals surface area contributed by atoms with Gasteiger partial charge >= 0.3 is 0 Å². The Morgan fingerprint density at radius 3 is 1.21 bits per heavy atom. The zero-order valence-corrected chi connectivity index (χ0v) is 47.9. The number of nitrogens with one attached hydrogen (secondary N) is 1. The summed E-state index contributed by atoms with van der Waals surface area (Å²) in [6.45, 7) is 1.73. The first kappa shape index (κ1) is 70.8. The van der Waals surface area contributed by atoms with Crippen LogP contribution in [0.2, 0.25) is 0 Å². The van der Waals surface area contributed by atoms with Crippen molar-refractivity contribution in [2.45, 2.75) is 330 Å². The van der Waals surface area contributed by atoms with Crippen molar-refractivity contribution in [3.05, 3.63) is 12.2 Å². The van der Waals surface area contributed by atoms with Crippen molar-refractivity contribution in [3.63, 3.8) is 0 Å². The number of hydrogen-bond donors (Lipinski definition) is 12. The molecule has 78 heavy (non-hydrogen) atoms. The molecule has 0 radical (unpaired) electrons. The lowest BCUT2D eigenvalue weighted by Crippen LogP contribution is -2.66. The fraction of sp³-hybridized carbons (Fsp3) is 0.949. The van der Waals surface area contributed by atoms with Crippen LogP contribution >= 0.6 is 0 Å². The minimum atomic E-state index is -1.97. The molecule has 3 aliphatic rings. The van der Waals surface area contributed by atoms with Crippen LogP contribution in [0.1, 0.15) is 226 Å². The van der Waals surface area contributed by atoms with Crippen LogP contribution in [0.25, 0.3) is 0 Å². The van der Waals surface area contributed by atoms with E-state index in [-0.39, 0.29) is 18.9 Å². The predicted molar refractivity (Wildman–Crippen MR) is 296 cm³/mol. The van der Waals surface area contributed by atoms with Crippen LogP contribution in [0, 0.1) is 0 Å². The van der Waals surface area contributed by atoms with Gasteiger partial charge in [-0.1, -0.05) is 212 Å². The number of carbonyl (C=O) groups is 1. The molecule has 0 aromatic carbocycles. The lowest BCUT2D eigenvalue weighted by atomic mass is 9.96. The van der Waals surface area contributed by atoms with Crippen LogP contribution in [-0.2, 0) is 33.2 Å². The highest BCUT2D eigenvalue weighted by Crippen LogP contribution is 2.33. The van der Waals surface area contributed by atoms with Crippen molar-refractivity contribution in [2.24, 2.45) is 0 Å². The van der Waals surface area contributed by atoms with Crippen LogP contribution in [0.5, 0.6) is 0 Å². The average Bonchev–Trinajstić information content (AvgIpc) is 3.46. The number of allylic oxidation sites excluding steroid dienone is 1. The number of rotatable bonds is 46. The van der Waals surface area contributed by atoms with E-state index >= 15 is 0 Å². The second-order valence-electron chi connectivity index (χ2n) is 22.5. The Bertz CT molecular complexity index is 1480. The second kappa shape index (κ2) is 43.2. The summed E-state index contributed by atoms with van der Waals surface area (Å²) in [5.41, 5.74) is 0. The Labute approximate surface area is 467 Å². The first-order chi connectivity index (χ1) is 37.8. The number of aliphatic hydroxyl groups is 11. The normalized spacial score (nSPS) is 30.5. The molecule has 19 nitrogen and oxygen atoms in total. The molecule has 0 spiro atoms. The van der Waals surface area contributed by atoms with E-state index in [1.54, 1.807) is 6.08 Å². The maximum atomic E-state index is 13.3. The van der Waals surface area contributed by atoms with Crippen molar-refractivity contribution in [2.75, 3.05) is 26.4 Å². The lowest BCUT2D eigenvalue weighted by molar-refractivity contribution is -0.379. The van der Waals surface area contributed by atoms with Crippen LogP contribution in [0.4, 0.5) is 0 Å². The summed E-state index contributed by atoms with van der Waals surface area (Å²) in [5.74, 6) is -0.273. The summed E-state index contributed by atoms with van der Waals surface area (Å²) in [6.07, 6.45) is 16.3. The third-order valence-corrected chi connectivity index (χ3v) is 15.8. The summed E-state index contributed by atoms with van der Waals surface area (Å²) in [7, 11) is 0. The van der Waals surface area contributed by atoms with Gasteiger partial charge in [-0.2, -0.15) is 0 Å². The second-order valence-corrected chi connectivity index (χ2v) is 22.5. The minimum absolute atomic E-state index is 0.249. The highest BCUT2D eigenvalue weighted by atomic mass is 16.8. The predicted octanol–water partition coefficient (Wildman–Crippen LogP) is 5.77. The van der Waals surface area contributed by atoms with Crippen LogP contribution < -0.4 is 5.32 Å². The van der Waals surface area contributed by atoms with Gasteiger partial charge in [0.15, 0.2) is 18.9 Å². The van der Waals surface area contributed by atoms with E-state index in [0.29, 0.717) is 6.42 Å². The zero-order valence-electron chi connectivity index (χ0n) is 47.9. The summed E-state index contributed by atoms with van der Waals surface area (Å²) >= 11 is 0. The van der Waals surface area contributed by atoms with Gasteiger partial charge in [-0.25, -0.2) is 0 Å². The first-order valence-electron chi connectivity index (χ1n) is 30.9. The third-order valence-electron chi connectivity index (χ3n) is 15.8. The Kier molecular flexibility index (Phi) is 39.2. The van der Waals surface area contributed by atoms with Crippen LogP contribution in [-0.4, -0.2) is 193 Å². The fourth-order valence-electron chi connectivity index (χ4n) is 10.7. The third kappa shape index (κ3) is 26.8. The zero-order chi connectivity index (χ0) is 56.9. The van der Waals surface area contributed by atoms with Crippen LogP contribution in [0.3, 0.4) is 0 Å². The van der Waals surface area contributed by atoms with Gasteiger partial charge in [-0.05, 0) is 19.3 Å². The number of amides is 1. The van der Waals surface area contributed by atoms with Gasteiger partial charge in [0.05, 0.1) is 38.6 Å². The van der Waals surface area contributed by atoms with E-state index in [2.05, 4.69) is 19.2 Å². The molecule has 0 aromatic heterocycles. The molecule has 12 N–H and O–H groups in total. The number of unbranched alkanes of at least 4 members (excludes halogenated alkanes) is 30. The molecule has 0 aromatic rings. The van der Waals surface area contributed by atoms with Crippen molar-refractivity contribution in [3.8, 4) is 0 Å². The molecule has 0 aliphatic carbocycles. The molecule has 1 amide bonds. The Morgan fingerprint density at radius 1 is 0.449 bits per heavy atom. The molecule has 3 fully saturated rings. The molecular formula is C59H111NO18. The van der Waals surface area contributed by atoms with Gasteiger partial charge in [0.2, 0.25) is 5.91 Å². The summed E-state index contributed by atoms with van der Waals surface area (Å²) in [6, 6.07) is -0.966. The molecule has 3 aliphatic heterocycles. The molecule has 3 rings (SSSR count). The molecule has 3 saturated heterocycles. The fourth-order valence-corrected chi connectivity index (χ4v) is 10.7. The highest BCUT2D eigenvalue weighted by Gasteiger charge is 2.53. The van der Waals surface area contributed by atoms with Gasteiger partial charge in [0.25, 0.3) is 0 Å². The molecule has 19 heteroatoms. The number of carbonyl (C=O) groups excluding carboxylic acids is 1. The Balaban J connectivity index is 1.47. The van der Waals surface area contributed by atoms with Gasteiger partial charge in [0, 0.05) is 6.42 Å².